The molecule has 7 nitrogen and oxygen atoms in total. The molecule has 9 heteroatoms. The van der Waals surface area contributed by atoms with Gasteiger partial charge in [-0.1, -0.05) is 18.2 Å². The summed E-state index contributed by atoms with van der Waals surface area (Å²) in [5.74, 6) is -3.37. The number of benzene rings is 1. The summed E-state index contributed by atoms with van der Waals surface area (Å²) in [7, 11) is 0. The van der Waals surface area contributed by atoms with Crippen molar-refractivity contribution in [1.82, 2.24) is 24.5 Å². The highest BCUT2D eigenvalue weighted by Crippen LogP contribution is 2.32. The van der Waals surface area contributed by atoms with Gasteiger partial charge in [0.2, 0.25) is 11.7 Å². The Morgan fingerprint density at radius 1 is 1.13 bits per heavy atom. The van der Waals surface area contributed by atoms with Crippen LogP contribution in [0, 0.1) is 0 Å². The Labute approximate surface area is 169 Å². The lowest BCUT2D eigenvalue weighted by Gasteiger charge is -2.37. The van der Waals surface area contributed by atoms with Crippen LogP contribution in [0.3, 0.4) is 0 Å². The second-order valence-electron chi connectivity index (χ2n) is 7.15. The number of hydrogen-bond donors (Lipinski definition) is 0. The Morgan fingerprint density at radius 3 is 2.90 bits per heavy atom. The molecule has 4 heterocycles. The first-order valence-corrected chi connectivity index (χ1v) is 9.49. The summed E-state index contributed by atoms with van der Waals surface area (Å²) < 4.78 is 36.1. The van der Waals surface area contributed by atoms with E-state index in [4.69, 9.17) is 4.74 Å². The first kappa shape index (κ1) is 18.4. The van der Waals surface area contributed by atoms with Gasteiger partial charge in [-0.3, -0.25) is 4.79 Å². The van der Waals surface area contributed by atoms with E-state index < -0.39 is 24.4 Å². The molecule has 152 valence electrons. The SMILES string of the molecule is O=C(c1ncc2cccnn12)N1CCC(F)(F)C(Oc2ccc3ccccc3n2)C1. The number of para-hydroxylation sites is 1. The molecule has 3 aromatic heterocycles. The Balaban J connectivity index is 1.39. The van der Waals surface area contributed by atoms with Gasteiger partial charge in [0.15, 0.2) is 6.10 Å². The van der Waals surface area contributed by atoms with Crippen LogP contribution in [-0.2, 0) is 0 Å². The van der Waals surface area contributed by atoms with Crippen LogP contribution in [-0.4, -0.2) is 55.5 Å². The lowest BCUT2D eigenvalue weighted by atomic mass is 10.0. The summed E-state index contributed by atoms with van der Waals surface area (Å²) in [4.78, 5) is 22.7. The second-order valence-corrected chi connectivity index (χ2v) is 7.15. The van der Waals surface area contributed by atoms with Crippen LogP contribution in [0.1, 0.15) is 17.0 Å². The second kappa shape index (κ2) is 7.01. The zero-order valence-corrected chi connectivity index (χ0v) is 15.8. The van der Waals surface area contributed by atoms with E-state index in [1.54, 1.807) is 30.3 Å². The van der Waals surface area contributed by atoms with Crippen LogP contribution in [0.4, 0.5) is 8.78 Å². The zero-order valence-electron chi connectivity index (χ0n) is 15.8. The molecule has 0 saturated carbocycles. The summed E-state index contributed by atoms with van der Waals surface area (Å²) in [5.41, 5.74) is 1.30. The number of piperidine rings is 1. The van der Waals surface area contributed by atoms with E-state index in [2.05, 4.69) is 15.1 Å². The minimum Gasteiger partial charge on any atom is -0.466 e. The molecule has 1 atom stereocenters. The van der Waals surface area contributed by atoms with Gasteiger partial charge in [0.05, 0.1) is 23.8 Å². The van der Waals surface area contributed by atoms with E-state index in [1.165, 1.54) is 21.8 Å². The Morgan fingerprint density at radius 2 is 2.00 bits per heavy atom. The van der Waals surface area contributed by atoms with Crippen molar-refractivity contribution in [2.75, 3.05) is 13.1 Å². The van der Waals surface area contributed by atoms with Gasteiger partial charge in [0.25, 0.3) is 11.8 Å². The number of rotatable bonds is 3. The molecule has 0 aliphatic carbocycles. The monoisotopic (exact) mass is 409 g/mol. The molecule has 0 radical (unpaired) electrons. The molecular weight excluding hydrogens is 392 g/mol. The molecule has 1 saturated heterocycles. The topological polar surface area (TPSA) is 72.6 Å². The van der Waals surface area contributed by atoms with Crippen LogP contribution < -0.4 is 4.74 Å². The Hall–Kier alpha value is -3.62. The van der Waals surface area contributed by atoms with Crippen molar-refractivity contribution in [1.29, 1.82) is 0 Å². The van der Waals surface area contributed by atoms with Gasteiger partial charge in [-0.2, -0.15) is 5.10 Å². The van der Waals surface area contributed by atoms with Crippen molar-refractivity contribution >= 4 is 22.3 Å². The summed E-state index contributed by atoms with van der Waals surface area (Å²) in [5, 5.41) is 5.00. The van der Waals surface area contributed by atoms with Gasteiger partial charge in [0, 0.05) is 30.6 Å². The number of amides is 1. The third kappa shape index (κ3) is 3.22. The standard InChI is InChI=1S/C21H17F2N5O2/c22-21(23)9-11-27(20(29)19-24-12-15-5-3-10-25-28(15)19)13-17(21)30-18-8-7-14-4-1-2-6-16(14)26-18/h1-8,10,12,17H,9,11,13H2. The molecule has 1 aliphatic heterocycles. The molecule has 30 heavy (non-hydrogen) atoms. The fraction of sp³-hybridized carbons (Fsp3) is 0.238. The summed E-state index contributed by atoms with van der Waals surface area (Å²) in [6, 6.07) is 14.2. The summed E-state index contributed by atoms with van der Waals surface area (Å²) >= 11 is 0. The van der Waals surface area contributed by atoms with E-state index in [-0.39, 0.29) is 24.8 Å². The third-order valence-corrected chi connectivity index (χ3v) is 5.19. The van der Waals surface area contributed by atoms with E-state index in [1.807, 2.05) is 18.2 Å². The molecule has 1 aliphatic rings. The molecule has 1 aromatic carbocycles. The minimum absolute atomic E-state index is 0.0818. The third-order valence-electron chi connectivity index (χ3n) is 5.19. The predicted octanol–water partition coefficient (Wildman–Crippen LogP) is 3.21. The number of carbonyl (C=O) groups excluding carboxylic acids is 1. The molecule has 0 N–H and O–H groups in total. The molecule has 0 spiro atoms. The molecule has 5 rings (SSSR count). The van der Waals surface area contributed by atoms with Crippen molar-refractivity contribution in [2.45, 2.75) is 18.4 Å². The molecule has 1 fully saturated rings. The number of alkyl halides is 2. The van der Waals surface area contributed by atoms with Crippen molar-refractivity contribution < 1.29 is 18.3 Å². The van der Waals surface area contributed by atoms with Gasteiger partial charge >= 0.3 is 0 Å². The normalized spacial score (nSPS) is 18.6. The largest absolute Gasteiger partial charge is 0.466 e. The van der Waals surface area contributed by atoms with Gasteiger partial charge in [-0.15, -0.1) is 0 Å². The van der Waals surface area contributed by atoms with Gasteiger partial charge in [-0.25, -0.2) is 23.3 Å². The fourth-order valence-electron chi connectivity index (χ4n) is 3.56. The quantitative estimate of drug-likeness (QED) is 0.520. The van der Waals surface area contributed by atoms with Crippen molar-refractivity contribution in [3.8, 4) is 5.88 Å². The first-order valence-electron chi connectivity index (χ1n) is 9.49. The average Bonchev–Trinajstić information content (AvgIpc) is 3.19. The van der Waals surface area contributed by atoms with E-state index in [0.717, 1.165) is 5.39 Å². The van der Waals surface area contributed by atoms with Gasteiger partial charge in [0.1, 0.15) is 0 Å². The maximum Gasteiger partial charge on any atom is 0.291 e. The molecule has 1 amide bonds. The number of likely N-dealkylation sites (tertiary alicyclic amines) is 1. The maximum absolute atomic E-state index is 14.6. The molecule has 0 bridgehead atoms. The van der Waals surface area contributed by atoms with Crippen LogP contribution >= 0.6 is 0 Å². The van der Waals surface area contributed by atoms with Crippen LogP contribution in [0.5, 0.6) is 5.88 Å². The zero-order chi connectivity index (χ0) is 20.7. The fourth-order valence-corrected chi connectivity index (χ4v) is 3.56. The smallest absolute Gasteiger partial charge is 0.291 e. The molecular formula is C21H17F2N5O2. The number of ether oxygens (including phenoxy) is 1. The highest BCUT2D eigenvalue weighted by molar-refractivity contribution is 5.91. The van der Waals surface area contributed by atoms with E-state index in [0.29, 0.717) is 11.0 Å². The number of pyridine rings is 1. The number of fused-ring (bicyclic) bond motifs is 2. The average molecular weight is 409 g/mol. The van der Waals surface area contributed by atoms with Crippen molar-refractivity contribution in [3.63, 3.8) is 0 Å². The number of nitrogens with zero attached hydrogens (tertiary/aromatic N) is 5. The van der Waals surface area contributed by atoms with Crippen LogP contribution in [0.15, 0.2) is 60.9 Å². The van der Waals surface area contributed by atoms with Crippen molar-refractivity contribution in [2.24, 2.45) is 0 Å². The minimum atomic E-state index is -3.09. The van der Waals surface area contributed by atoms with Crippen LogP contribution in [0.2, 0.25) is 0 Å². The predicted molar refractivity (Wildman–Crippen MR) is 105 cm³/mol. The molecule has 1 unspecified atom stereocenters. The first-order chi connectivity index (χ1) is 14.5. The van der Waals surface area contributed by atoms with Gasteiger partial charge < -0.3 is 9.64 Å². The number of hydrogen-bond acceptors (Lipinski definition) is 5. The number of aromatic nitrogens is 4. The summed E-state index contributed by atoms with van der Waals surface area (Å²) in [6.07, 6.45) is 1.04. The highest BCUT2D eigenvalue weighted by Gasteiger charge is 2.47. The van der Waals surface area contributed by atoms with E-state index >= 15 is 0 Å². The van der Waals surface area contributed by atoms with E-state index in [9.17, 15) is 13.6 Å². The Kier molecular flexibility index (Phi) is 4.30. The van der Waals surface area contributed by atoms with Crippen molar-refractivity contribution in [3.05, 3.63) is 66.7 Å². The maximum atomic E-state index is 14.6. The number of halogens is 2. The number of imidazole rings is 1. The number of carbonyl (C=O) groups is 1. The lowest BCUT2D eigenvalue weighted by Crippen LogP contribution is -2.55. The highest BCUT2D eigenvalue weighted by atomic mass is 19.3. The van der Waals surface area contributed by atoms with Crippen LogP contribution in [0.25, 0.3) is 16.4 Å². The molecule has 4 aromatic rings. The Bertz CT molecular complexity index is 1240. The van der Waals surface area contributed by atoms with Gasteiger partial charge in [-0.05, 0) is 24.3 Å². The lowest BCUT2D eigenvalue weighted by molar-refractivity contribution is -0.131. The summed E-state index contributed by atoms with van der Waals surface area (Å²) in [6.45, 7) is -0.374.